The molecule has 0 saturated heterocycles. The van der Waals surface area contributed by atoms with Crippen LogP contribution in [0.2, 0.25) is 0 Å². The first kappa shape index (κ1) is 88.3. The number of aliphatic imine (C=N–C) groups is 1. The van der Waals surface area contributed by atoms with Crippen molar-refractivity contribution < 1.29 is 65.7 Å². The molecule has 8 heterocycles. The Balaban J connectivity index is 0.000000226. The van der Waals surface area contributed by atoms with Gasteiger partial charge in [0.2, 0.25) is 23.5 Å². The summed E-state index contributed by atoms with van der Waals surface area (Å²) in [5.41, 5.74) is 13.0. The number of amides is 8. The molecule has 6 N–H and O–H groups in total. The summed E-state index contributed by atoms with van der Waals surface area (Å²) in [7, 11) is 10.1. The van der Waals surface area contributed by atoms with E-state index >= 15 is 0 Å². The van der Waals surface area contributed by atoms with E-state index < -0.39 is 23.4 Å². The second-order valence-corrected chi connectivity index (χ2v) is 33.3. The molecule has 10 aromatic rings. The number of hydrogen-bond donors (Lipinski definition) is 8. The number of imidazole rings is 2. The molecule has 0 aliphatic carbocycles. The second kappa shape index (κ2) is 38.9. The number of carbonyl (C=O) groups is 8. The van der Waals surface area contributed by atoms with Crippen molar-refractivity contribution in [2.24, 2.45) is 33.2 Å². The predicted molar refractivity (Wildman–Crippen MR) is 467 cm³/mol. The smallest absolute Gasteiger partial charge is 0.335 e. The molecule has 4 aliphatic rings. The zero-order chi connectivity index (χ0) is 85.0. The Morgan fingerprint density at radius 1 is 0.500 bits per heavy atom. The summed E-state index contributed by atoms with van der Waals surface area (Å²) in [5, 5.41) is 17.1. The van der Waals surface area contributed by atoms with E-state index in [1.54, 1.807) is 89.8 Å². The number of thiol groups is 2. The summed E-state index contributed by atoms with van der Waals surface area (Å²) in [6.07, 6.45) is 13.0. The molecule has 0 radical (unpaired) electrons. The topological polar surface area (TPSA) is 344 Å². The van der Waals surface area contributed by atoms with Gasteiger partial charge >= 0.3 is 11.6 Å². The van der Waals surface area contributed by atoms with Gasteiger partial charge in [0.1, 0.15) is 11.4 Å². The second-order valence-electron chi connectivity index (χ2n) is 30.7. The standard InChI is InChI=1S/C44H49N7O6S.C43H46N8O6S.CH4.O2S/c1-44(2,58)26-45-41(53)35-20-31(23-49(35)3)27-12-15-32(16-13-27)46-42(54)40-48-38(25-50(40)4)47-39(52)11-8-18-57-37-21-29-14-17-33-19-28-9-6-7-10-30(28)24-51(33)43(55)34(29)22-36(37)56-5;1-43(2,58)25-45-40(53)34-18-29(22-49(34)3)26-12-14-30(15-13-26)46-41(54)39-48-37(24-50(39)4)47-38(52)11-8-16-57-36-20-33-32(19-35(36)56-5)42(55)51-23-28-10-7-6-9-27(28)17-31(51)21-44-33;;1-3-2/h6-7,9-10,12-13,15-16,20-23,25,33,58H,8,11,14,17-19,24,26H2,1-5H3,(H,45,53)(H,46,54)(H,47,52);6-7,9-10,12-15,18-22,24,31,58H,8,11,16-17,23,25H2,1-5H3,(H,45,53)(H,46,54)(H,47,52);1H4;/t33-;31-;;/m10../s1. The van der Waals surface area contributed by atoms with Gasteiger partial charge in [0.15, 0.2) is 34.6 Å². The highest BCUT2D eigenvalue weighted by atomic mass is 32.1. The maximum absolute atomic E-state index is 13.7. The molecule has 4 aromatic heterocycles. The Morgan fingerprint density at radius 2 is 0.933 bits per heavy atom. The van der Waals surface area contributed by atoms with Gasteiger partial charge in [0.05, 0.1) is 44.7 Å². The van der Waals surface area contributed by atoms with Gasteiger partial charge in [-0.1, -0.05) is 80.2 Å². The number of nitrogens with zero attached hydrogens (tertiary/aromatic N) is 9. The van der Waals surface area contributed by atoms with Crippen LogP contribution in [-0.4, -0.2) is 162 Å². The Hall–Kier alpha value is -12.6. The van der Waals surface area contributed by atoms with Gasteiger partial charge in [-0.15, -0.1) is 0 Å². The molecule has 0 spiro atoms. The van der Waals surface area contributed by atoms with Crippen LogP contribution in [0, 0.1) is 0 Å². The first-order chi connectivity index (χ1) is 56.9. The highest BCUT2D eigenvalue weighted by Gasteiger charge is 2.37. The number of benzene rings is 6. The average Bonchev–Trinajstić information content (AvgIpc) is 1.60. The van der Waals surface area contributed by atoms with Crippen molar-refractivity contribution in [3.8, 4) is 45.3 Å². The number of carbonyl (C=O) groups excluding carboxylic acids is 8. The lowest BCUT2D eigenvalue weighted by Gasteiger charge is -2.35. The van der Waals surface area contributed by atoms with E-state index in [4.69, 9.17) is 27.4 Å². The van der Waals surface area contributed by atoms with E-state index in [0.717, 1.165) is 52.6 Å². The third kappa shape index (κ3) is 21.9. The Labute approximate surface area is 710 Å². The zero-order valence-corrected chi connectivity index (χ0v) is 70.3. The molecule has 6 aromatic carbocycles. The molecule has 0 fully saturated rings. The number of rotatable bonds is 26. The van der Waals surface area contributed by atoms with Crippen molar-refractivity contribution in [2.45, 2.75) is 121 Å². The van der Waals surface area contributed by atoms with E-state index in [2.05, 4.69) is 96.4 Å². The van der Waals surface area contributed by atoms with E-state index in [0.29, 0.717) is 108 Å². The third-order valence-corrected chi connectivity index (χ3v) is 20.8. The summed E-state index contributed by atoms with van der Waals surface area (Å²) in [6.45, 7) is 10.1. The quantitative estimate of drug-likeness (QED) is 0.0184. The van der Waals surface area contributed by atoms with Gasteiger partial charge in [-0.05, 0) is 160 Å². The monoisotopic (exact) mass is 1690 g/mol. The van der Waals surface area contributed by atoms with Crippen LogP contribution in [0.3, 0.4) is 0 Å². The summed E-state index contributed by atoms with van der Waals surface area (Å²) < 4.78 is 45.9. The van der Waals surface area contributed by atoms with E-state index in [1.807, 2.05) is 137 Å². The van der Waals surface area contributed by atoms with Gasteiger partial charge in [0.25, 0.3) is 35.4 Å². The number of hydrogen-bond acceptors (Lipinski definition) is 19. The summed E-state index contributed by atoms with van der Waals surface area (Å²) in [6, 6.07) is 41.7. The number of methoxy groups -OCH3 is 2. The van der Waals surface area contributed by atoms with Gasteiger partial charge in [-0.3, -0.25) is 43.3 Å². The van der Waals surface area contributed by atoms with Crippen LogP contribution in [-0.2, 0) is 81.7 Å². The first-order valence-corrected chi connectivity index (χ1v) is 40.2. The number of fused-ring (bicyclic) bond motifs is 6. The molecule has 120 heavy (non-hydrogen) atoms. The maximum atomic E-state index is 13.7. The Bertz CT molecular complexity index is 5550. The molecule has 0 bridgehead atoms. The maximum Gasteiger partial charge on any atom is 0.335 e. The van der Waals surface area contributed by atoms with Crippen molar-refractivity contribution >= 4 is 119 Å². The highest BCUT2D eigenvalue weighted by molar-refractivity contribution is 7.82. The molecule has 0 saturated carbocycles. The number of aryl methyl sites for hydroxylation is 5. The fraction of sp³-hybridized carbons (Fsp3) is 0.330. The normalized spacial score (nSPS) is 14.2. The van der Waals surface area contributed by atoms with Crippen LogP contribution >= 0.6 is 25.3 Å². The van der Waals surface area contributed by atoms with Crippen LogP contribution in [0.25, 0.3) is 22.3 Å². The van der Waals surface area contributed by atoms with E-state index in [9.17, 15) is 38.4 Å². The summed E-state index contributed by atoms with van der Waals surface area (Å²) in [5.74, 6) is 0.653. The number of anilines is 4. The first-order valence-electron chi connectivity index (χ1n) is 38.7. The minimum absolute atomic E-state index is 0. The van der Waals surface area contributed by atoms with Gasteiger partial charge in [-0.2, -0.15) is 33.7 Å². The fourth-order valence-corrected chi connectivity index (χ4v) is 14.6. The summed E-state index contributed by atoms with van der Waals surface area (Å²) in [4.78, 5) is 122. The van der Waals surface area contributed by atoms with Crippen molar-refractivity contribution in [1.29, 1.82) is 0 Å². The van der Waals surface area contributed by atoms with Gasteiger partial charge in [-0.25, -0.2) is 9.97 Å². The minimum atomic E-state index is -0.750. The lowest BCUT2D eigenvalue weighted by atomic mass is 9.92. The molecule has 8 amide bonds. The minimum Gasteiger partial charge on any atom is -0.493 e. The molecule has 4 aliphatic heterocycles. The van der Waals surface area contributed by atoms with Gasteiger partial charge < -0.3 is 78.9 Å². The lowest BCUT2D eigenvalue weighted by molar-refractivity contribution is -0.117. The molecular formula is C88H99N15O14S3. The third-order valence-electron chi connectivity index (χ3n) is 20.5. The molecule has 0 unspecified atom stereocenters. The number of nitrogens with one attached hydrogen (secondary N) is 6. The van der Waals surface area contributed by atoms with Crippen LogP contribution in [0.1, 0.15) is 158 Å². The van der Waals surface area contributed by atoms with Gasteiger partial charge in [0, 0.05) is 148 Å². The van der Waals surface area contributed by atoms with Crippen molar-refractivity contribution in [3.05, 3.63) is 220 Å². The predicted octanol–water partition coefficient (Wildman–Crippen LogP) is 12.6. The van der Waals surface area contributed by atoms with Crippen molar-refractivity contribution in [2.75, 3.05) is 61.8 Å². The van der Waals surface area contributed by atoms with Crippen LogP contribution in [0.5, 0.6) is 23.0 Å². The van der Waals surface area contributed by atoms with Crippen molar-refractivity contribution in [1.82, 2.24) is 48.7 Å². The Morgan fingerprint density at radius 3 is 1.40 bits per heavy atom. The molecule has 29 nitrogen and oxygen atoms in total. The summed E-state index contributed by atoms with van der Waals surface area (Å²) >= 11 is 8.19. The fourth-order valence-electron chi connectivity index (χ4n) is 14.4. The lowest BCUT2D eigenvalue weighted by Crippen LogP contribution is -2.44. The average molecular weight is 1690 g/mol. The van der Waals surface area contributed by atoms with E-state index in [-0.39, 0.29) is 114 Å². The molecule has 628 valence electrons. The molecule has 2 atom stereocenters. The SMILES string of the molecule is C.COc1cc2c(cc1OCCCC(=O)Nc1cn(C)c(C(=O)Nc3ccc(-c4cc(C(=O)NCC(C)(C)S)n(C)c4)cc3)n1)CC[C@@H]1Cc3ccccc3CN1C2=O.COc1cc2c(cc1OCCCC(=O)Nc1cn(C)c(C(=O)Nc3ccc(-c4cc(C(=O)NCC(C)(C)S)n(C)c4)cc3)n1)N=C[C@@H]1Cc3ccccc3CN1C2=O.O=S=O. The molecule has 32 heteroatoms. The highest BCUT2D eigenvalue weighted by Crippen LogP contribution is 2.41. The van der Waals surface area contributed by atoms with Crippen molar-refractivity contribution in [3.63, 3.8) is 0 Å². The van der Waals surface area contributed by atoms with Crippen LogP contribution in [0.4, 0.5) is 28.7 Å². The zero-order valence-electron chi connectivity index (χ0n) is 67.7. The Kier molecular flexibility index (Phi) is 28.6. The number of ether oxygens (including phenoxy) is 4. The van der Waals surface area contributed by atoms with Crippen LogP contribution < -0.4 is 50.8 Å². The van der Waals surface area contributed by atoms with Crippen LogP contribution in [0.15, 0.2) is 163 Å². The molecular weight excluding hydrogens is 1590 g/mol. The largest absolute Gasteiger partial charge is 0.493 e. The number of aromatic nitrogens is 6. The van der Waals surface area contributed by atoms with E-state index in [1.165, 1.54) is 28.4 Å². The molecule has 14 rings (SSSR count).